The molecule has 0 amide bonds. The van der Waals surface area contributed by atoms with E-state index < -0.39 is 0 Å². The van der Waals surface area contributed by atoms with E-state index in [2.05, 4.69) is 32.2 Å². The van der Waals surface area contributed by atoms with Gasteiger partial charge in [0.15, 0.2) is 0 Å². The molecule has 1 aromatic carbocycles. The highest BCUT2D eigenvalue weighted by atomic mass is 35.5. The highest BCUT2D eigenvalue weighted by Crippen LogP contribution is 2.27. The Bertz CT molecular complexity index is 364. The second kappa shape index (κ2) is 8.04. The normalized spacial score (nSPS) is 13.0. The van der Waals surface area contributed by atoms with Crippen LogP contribution in [0.2, 0.25) is 10.0 Å². The van der Waals surface area contributed by atoms with Crippen molar-refractivity contribution in [2.75, 3.05) is 13.1 Å². The smallest absolute Gasteiger partial charge is 0.0624 e. The van der Waals surface area contributed by atoms with Crippen molar-refractivity contribution in [1.82, 2.24) is 5.32 Å². The van der Waals surface area contributed by atoms with Gasteiger partial charge in [0.2, 0.25) is 0 Å². The van der Waals surface area contributed by atoms with Crippen LogP contribution < -0.4 is 5.32 Å². The molecule has 0 heterocycles. The lowest BCUT2D eigenvalue weighted by atomic mass is 10.0. The Labute approximate surface area is 121 Å². The summed E-state index contributed by atoms with van der Waals surface area (Å²) in [5.41, 5.74) is 1.15. The van der Waals surface area contributed by atoms with Gasteiger partial charge in [-0.05, 0) is 49.4 Å². The topological polar surface area (TPSA) is 12.0 Å². The second-order valence-electron chi connectivity index (χ2n) is 5.41. The van der Waals surface area contributed by atoms with Gasteiger partial charge in [0.1, 0.15) is 0 Å². The molecule has 1 unspecified atom stereocenters. The first-order chi connectivity index (χ1) is 8.50. The third kappa shape index (κ3) is 5.60. The van der Waals surface area contributed by atoms with Gasteiger partial charge in [0, 0.05) is 0 Å². The minimum absolute atomic E-state index is 0.652. The number of rotatable bonds is 7. The number of benzene rings is 1. The minimum atomic E-state index is 0.652. The number of halogens is 2. The van der Waals surface area contributed by atoms with Gasteiger partial charge in [-0.3, -0.25) is 0 Å². The minimum Gasteiger partial charge on any atom is -0.316 e. The fraction of sp³-hybridized carbons (Fsp3) is 0.600. The summed E-state index contributed by atoms with van der Waals surface area (Å²) >= 11 is 12.2. The van der Waals surface area contributed by atoms with Gasteiger partial charge in [0.05, 0.1) is 10.0 Å². The fourth-order valence-corrected chi connectivity index (χ4v) is 2.28. The third-order valence-electron chi connectivity index (χ3n) is 2.98. The van der Waals surface area contributed by atoms with Crippen molar-refractivity contribution in [3.05, 3.63) is 33.8 Å². The molecule has 0 bridgehead atoms. The number of hydrogen-bond acceptors (Lipinski definition) is 1. The Morgan fingerprint density at radius 2 is 1.83 bits per heavy atom. The van der Waals surface area contributed by atoms with E-state index in [1.807, 2.05) is 12.1 Å². The van der Waals surface area contributed by atoms with Gasteiger partial charge in [0.25, 0.3) is 0 Å². The van der Waals surface area contributed by atoms with Gasteiger partial charge in [-0.1, -0.05) is 56.1 Å². The van der Waals surface area contributed by atoms with Crippen LogP contribution in [0.15, 0.2) is 18.2 Å². The van der Waals surface area contributed by atoms with Gasteiger partial charge >= 0.3 is 0 Å². The van der Waals surface area contributed by atoms with Crippen molar-refractivity contribution in [2.45, 2.75) is 33.6 Å². The van der Waals surface area contributed by atoms with Crippen LogP contribution in [0.5, 0.6) is 0 Å². The Balaban J connectivity index is 2.33. The molecular formula is C15H23Cl2N. The van der Waals surface area contributed by atoms with E-state index in [0.717, 1.165) is 31.5 Å². The lowest BCUT2D eigenvalue weighted by molar-refractivity contribution is 0.454. The number of aryl methyl sites for hydroxylation is 1. The molecule has 0 spiro atoms. The van der Waals surface area contributed by atoms with Crippen LogP contribution in [-0.4, -0.2) is 13.1 Å². The summed E-state index contributed by atoms with van der Waals surface area (Å²) in [7, 11) is 0. The van der Waals surface area contributed by atoms with Crippen molar-refractivity contribution < 1.29 is 0 Å². The van der Waals surface area contributed by atoms with Crippen LogP contribution in [0.4, 0.5) is 0 Å². The first-order valence-electron chi connectivity index (χ1n) is 6.64. The molecule has 0 fully saturated rings. The Morgan fingerprint density at radius 1 is 1.11 bits per heavy atom. The summed E-state index contributed by atoms with van der Waals surface area (Å²) < 4.78 is 0. The van der Waals surface area contributed by atoms with E-state index >= 15 is 0 Å². The molecule has 0 saturated heterocycles. The molecule has 1 aromatic rings. The molecule has 0 aliphatic rings. The van der Waals surface area contributed by atoms with Gasteiger partial charge < -0.3 is 5.32 Å². The van der Waals surface area contributed by atoms with Crippen molar-refractivity contribution in [3.63, 3.8) is 0 Å². The van der Waals surface area contributed by atoms with Crippen LogP contribution in [0.3, 0.4) is 0 Å². The molecule has 1 rings (SSSR count). The maximum atomic E-state index is 6.18. The van der Waals surface area contributed by atoms with E-state index in [4.69, 9.17) is 23.2 Å². The molecule has 1 atom stereocenters. The van der Waals surface area contributed by atoms with E-state index in [0.29, 0.717) is 21.9 Å². The number of nitrogens with one attached hydrogen (secondary N) is 1. The second-order valence-corrected chi connectivity index (χ2v) is 6.19. The van der Waals surface area contributed by atoms with Crippen molar-refractivity contribution >= 4 is 23.2 Å². The SMILES string of the molecule is CC(C)CNCC(C)CCc1cccc(Cl)c1Cl. The fourth-order valence-electron chi connectivity index (χ4n) is 1.86. The lowest BCUT2D eigenvalue weighted by Gasteiger charge is -2.14. The molecule has 1 N–H and O–H groups in total. The van der Waals surface area contributed by atoms with Crippen molar-refractivity contribution in [3.8, 4) is 0 Å². The van der Waals surface area contributed by atoms with Crippen LogP contribution in [0.25, 0.3) is 0 Å². The number of hydrogen-bond donors (Lipinski definition) is 1. The zero-order chi connectivity index (χ0) is 13.5. The highest BCUT2D eigenvalue weighted by Gasteiger charge is 2.07. The van der Waals surface area contributed by atoms with Crippen molar-refractivity contribution in [1.29, 1.82) is 0 Å². The summed E-state index contributed by atoms with van der Waals surface area (Å²) in [4.78, 5) is 0. The molecular weight excluding hydrogens is 265 g/mol. The van der Waals surface area contributed by atoms with E-state index in [-0.39, 0.29) is 0 Å². The monoisotopic (exact) mass is 287 g/mol. The zero-order valence-electron chi connectivity index (χ0n) is 11.5. The molecule has 3 heteroatoms. The summed E-state index contributed by atoms with van der Waals surface area (Å²) in [5, 5.41) is 4.85. The molecule has 102 valence electrons. The quantitative estimate of drug-likeness (QED) is 0.759. The molecule has 0 saturated carbocycles. The lowest BCUT2D eigenvalue weighted by Crippen LogP contribution is -2.25. The van der Waals surface area contributed by atoms with Gasteiger partial charge in [-0.25, -0.2) is 0 Å². The molecule has 18 heavy (non-hydrogen) atoms. The molecule has 0 radical (unpaired) electrons. The Hall–Kier alpha value is -0.240. The van der Waals surface area contributed by atoms with Gasteiger partial charge in [-0.2, -0.15) is 0 Å². The van der Waals surface area contributed by atoms with E-state index in [1.54, 1.807) is 0 Å². The largest absolute Gasteiger partial charge is 0.316 e. The maximum Gasteiger partial charge on any atom is 0.0624 e. The average molecular weight is 288 g/mol. The van der Waals surface area contributed by atoms with Crippen LogP contribution >= 0.6 is 23.2 Å². The van der Waals surface area contributed by atoms with Crippen LogP contribution in [0.1, 0.15) is 32.8 Å². The Morgan fingerprint density at radius 3 is 2.50 bits per heavy atom. The zero-order valence-corrected chi connectivity index (χ0v) is 13.0. The first-order valence-corrected chi connectivity index (χ1v) is 7.40. The third-order valence-corrected chi connectivity index (χ3v) is 3.84. The predicted molar refractivity (Wildman–Crippen MR) is 81.7 cm³/mol. The van der Waals surface area contributed by atoms with Crippen LogP contribution in [-0.2, 0) is 6.42 Å². The standard InChI is InChI=1S/C15H23Cl2N/c1-11(2)9-18-10-12(3)7-8-13-5-4-6-14(16)15(13)17/h4-6,11-12,18H,7-10H2,1-3H3. The summed E-state index contributed by atoms with van der Waals surface area (Å²) in [6.07, 6.45) is 2.12. The summed E-state index contributed by atoms with van der Waals surface area (Å²) in [6.45, 7) is 8.87. The van der Waals surface area contributed by atoms with Gasteiger partial charge in [-0.15, -0.1) is 0 Å². The maximum absolute atomic E-state index is 6.18. The molecule has 0 aliphatic heterocycles. The highest BCUT2D eigenvalue weighted by molar-refractivity contribution is 6.42. The van der Waals surface area contributed by atoms with Crippen molar-refractivity contribution in [2.24, 2.45) is 11.8 Å². The Kier molecular flexibility index (Phi) is 7.06. The average Bonchev–Trinajstić information content (AvgIpc) is 2.30. The molecule has 0 aromatic heterocycles. The first kappa shape index (κ1) is 15.8. The summed E-state index contributed by atoms with van der Waals surface area (Å²) in [5.74, 6) is 1.36. The van der Waals surface area contributed by atoms with Crippen LogP contribution in [0, 0.1) is 11.8 Å². The molecule has 0 aliphatic carbocycles. The van der Waals surface area contributed by atoms with E-state index in [1.165, 1.54) is 0 Å². The summed E-state index contributed by atoms with van der Waals surface area (Å²) in [6, 6.07) is 5.86. The predicted octanol–water partition coefficient (Wildman–Crippen LogP) is 4.81. The van der Waals surface area contributed by atoms with E-state index in [9.17, 15) is 0 Å². The molecule has 1 nitrogen and oxygen atoms in total.